The van der Waals surface area contributed by atoms with E-state index >= 15 is 0 Å². The highest BCUT2D eigenvalue weighted by atomic mass is 16.6. The molecule has 0 aliphatic carbocycles. The maximum absolute atomic E-state index is 11.2. The minimum Gasteiger partial charge on any atom is -0.451 e. The lowest BCUT2D eigenvalue weighted by Crippen LogP contribution is -2.12. The number of cyclic esters (lactones) is 1. The Morgan fingerprint density at radius 2 is 2.00 bits per heavy atom. The largest absolute Gasteiger partial charge is 0.451 e. The normalized spacial score (nSPS) is 26.2. The van der Waals surface area contributed by atoms with Gasteiger partial charge in [0.25, 0.3) is 0 Å². The molecule has 1 fully saturated rings. The molecule has 1 atom stereocenters. The molecule has 4 heteroatoms. The summed E-state index contributed by atoms with van der Waals surface area (Å²) in [7, 11) is 3.49. The lowest BCUT2D eigenvalue weighted by molar-refractivity contribution is -0.139. The summed E-state index contributed by atoms with van der Waals surface area (Å²) < 4.78 is 4.70. The maximum Gasteiger partial charge on any atom is 0.344 e. The number of nitrogens with zero attached hydrogens (tertiary/aromatic N) is 1. The van der Waals surface area contributed by atoms with Crippen molar-refractivity contribution >= 4 is 11.8 Å². The van der Waals surface area contributed by atoms with E-state index in [4.69, 9.17) is 4.74 Å². The predicted molar refractivity (Wildman–Crippen MR) is 42.3 cm³/mol. The van der Waals surface area contributed by atoms with Crippen LogP contribution in [0.1, 0.15) is 6.92 Å². The van der Waals surface area contributed by atoms with Gasteiger partial charge in [-0.2, -0.15) is 0 Å². The molecule has 0 amide bonds. The van der Waals surface area contributed by atoms with Gasteiger partial charge in [-0.3, -0.25) is 4.79 Å². The van der Waals surface area contributed by atoms with E-state index in [2.05, 4.69) is 0 Å². The topological polar surface area (TPSA) is 46.6 Å². The molecule has 0 N–H and O–H groups in total. The second kappa shape index (κ2) is 2.97. The van der Waals surface area contributed by atoms with Crippen LogP contribution in [-0.4, -0.2) is 36.9 Å². The Kier molecular flexibility index (Phi) is 2.17. The lowest BCUT2D eigenvalue weighted by Gasteiger charge is -2.03. The molecule has 0 bridgehead atoms. The zero-order valence-electron chi connectivity index (χ0n) is 7.33. The molecular weight excluding hydrogens is 158 g/mol. The van der Waals surface area contributed by atoms with Crippen molar-refractivity contribution in [2.75, 3.05) is 14.1 Å². The summed E-state index contributed by atoms with van der Waals surface area (Å²) in [5.74, 6) is -0.769. The standard InChI is InChI=1S/C8H11NO3/c1-5-7(10)6(4-9(2)3)8(11)12-5/h4-5H,1-3H3/b6-4+/t5-/m0/s1. The molecule has 1 saturated heterocycles. The SMILES string of the molecule is C[C@@H]1OC(=O)/C(=C/N(C)C)C1=O. The fourth-order valence-corrected chi connectivity index (χ4v) is 0.972. The van der Waals surface area contributed by atoms with Crippen molar-refractivity contribution in [1.82, 2.24) is 4.90 Å². The molecule has 0 unspecified atom stereocenters. The number of Topliss-reactive ketones (excluding diaryl/α,β-unsaturated/α-hetero) is 1. The van der Waals surface area contributed by atoms with Gasteiger partial charge < -0.3 is 9.64 Å². The Morgan fingerprint density at radius 1 is 1.42 bits per heavy atom. The van der Waals surface area contributed by atoms with Crippen LogP contribution in [0.2, 0.25) is 0 Å². The minimum atomic E-state index is -0.622. The van der Waals surface area contributed by atoms with Gasteiger partial charge in [0, 0.05) is 20.3 Å². The molecule has 0 saturated carbocycles. The predicted octanol–water partition coefficient (Wildman–Crippen LogP) is -0.0537. The molecule has 1 aliphatic rings. The number of carbonyl (C=O) groups is 2. The third kappa shape index (κ3) is 1.47. The van der Waals surface area contributed by atoms with E-state index in [1.807, 2.05) is 0 Å². The van der Waals surface area contributed by atoms with E-state index in [1.54, 1.807) is 25.9 Å². The van der Waals surface area contributed by atoms with E-state index in [0.29, 0.717) is 0 Å². The van der Waals surface area contributed by atoms with Gasteiger partial charge in [-0.25, -0.2) is 4.79 Å². The quantitative estimate of drug-likeness (QED) is 0.313. The Bertz CT molecular complexity index is 255. The van der Waals surface area contributed by atoms with Crippen LogP contribution in [0.5, 0.6) is 0 Å². The molecule has 0 aromatic carbocycles. The first kappa shape index (κ1) is 8.77. The van der Waals surface area contributed by atoms with Crippen LogP contribution in [0.25, 0.3) is 0 Å². The highest BCUT2D eigenvalue weighted by molar-refractivity contribution is 6.23. The number of ketones is 1. The molecule has 12 heavy (non-hydrogen) atoms. The maximum atomic E-state index is 11.2. The number of hydrogen-bond acceptors (Lipinski definition) is 4. The van der Waals surface area contributed by atoms with Crippen LogP contribution in [0.15, 0.2) is 11.8 Å². The van der Waals surface area contributed by atoms with Crippen molar-refractivity contribution in [3.63, 3.8) is 0 Å². The van der Waals surface area contributed by atoms with Gasteiger partial charge in [0.1, 0.15) is 5.57 Å². The second-order valence-electron chi connectivity index (χ2n) is 2.92. The number of rotatable bonds is 1. The first-order valence-electron chi connectivity index (χ1n) is 3.66. The van der Waals surface area contributed by atoms with Crippen molar-refractivity contribution in [2.45, 2.75) is 13.0 Å². The van der Waals surface area contributed by atoms with Gasteiger partial charge in [0.05, 0.1) is 0 Å². The Morgan fingerprint density at radius 3 is 2.33 bits per heavy atom. The van der Waals surface area contributed by atoms with Gasteiger partial charge in [-0.15, -0.1) is 0 Å². The fourth-order valence-electron chi connectivity index (χ4n) is 0.972. The fraction of sp³-hybridized carbons (Fsp3) is 0.500. The van der Waals surface area contributed by atoms with E-state index in [0.717, 1.165) is 0 Å². The molecule has 0 aromatic rings. The summed E-state index contributed by atoms with van der Waals surface area (Å²) in [4.78, 5) is 23.8. The monoisotopic (exact) mass is 169 g/mol. The number of carbonyl (C=O) groups excluding carboxylic acids is 2. The van der Waals surface area contributed by atoms with Crippen molar-refractivity contribution in [2.24, 2.45) is 0 Å². The molecule has 1 aliphatic heterocycles. The van der Waals surface area contributed by atoms with Crippen LogP contribution in [0.4, 0.5) is 0 Å². The summed E-state index contributed by atoms with van der Waals surface area (Å²) in [5, 5.41) is 0. The average Bonchev–Trinajstić information content (AvgIpc) is 2.16. The van der Waals surface area contributed by atoms with Gasteiger partial charge >= 0.3 is 5.97 Å². The van der Waals surface area contributed by atoms with Gasteiger partial charge in [0.15, 0.2) is 6.10 Å². The Labute approximate surface area is 70.8 Å². The molecule has 66 valence electrons. The van der Waals surface area contributed by atoms with Crippen LogP contribution < -0.4 is 0 Å². The molecule has 0 spiro atoms. The van der Waals surface area contributed by atoms with Crippen LogP contribution in [0.3, 0.4) is 0 Å². The third-order valence-corrected chi connectivity index (χ3v) is 1.53. The second-order valence-corrected chi connectivity index (χ2v) is 2.92. The Hall–Kier alpha value is -1.32. The van der Waals surface area contributed by atoms with Crippen molar-refractivity contribution in [3.05, 3.63) is 11.8 Å². The van der Waals surface area contributed by atoms with Gasteiger partial charge in [-0.1, -0.05) is 0 Å². The zero-order chi connectivity index (χ0) is 9.30. The number of hydrogen-bond donors (Lipinski definition) is 0. The first-order valence-corrected chi connectivity index (χ1v) is 3.66. The molecular formula is C8H11NO3. The zero-order valence-corrected chi connectivity index (χ0v) is 7.33. The molecule has 1 heterocycles. The minimum absolute atomic E-state index is 0.132. The highest BCUT2D eigenvalue weighted by Crippen LogP contribution is 2.15. The van der Waals surface area contributed by atoms with E-state index in [-0.39, 0.29) is 11.4 Å². The molecule has 0 aromatic heterocycles. The molecule has 1 rings (SSSR count). The smallest absolute Gasteiger partial charge is 0.344 e. The van der Waals surface area contributed by atoms with Crippen LogP contribution in [0, 0.1) is 0 Å². The summed E-state index contributed by atoms with van der Waals surface area (Å²) in [5.41, 5.74) is 0.132. The number of ether oxygens (including phenoxy) is 1. The van der Waals surface area contributed by atoms with E-state index < -0.39 is 12.1 Å². The van der Waals surface area contributed by atoms with Gasteiger partial charge in [0.2, 0.25) is 5.78 Å². The summed E-state index contributed by atoms with van der Waals surface area (Å²) in [6.07, 6.45) is 0.859. The summed E-state index contributed by atoms with van der Waals surface area (Å²) >= 11 is 0. The summed E-state index contributed by atoms with van der Waals surface area (Å²) in [6.45, 7) is 1.57. The van der Waals surface area contributed by atoms with Crippen LogP contribution >= 0.6 is 0 Å². The van der Waals surface area contributed by atoms with E-state index in [1.165, 1.54) is 6.20 Å². The average molecular weight is 169 g/mol. The van der Waals surface area contributed by atoms with Crippen molar-refractivity contribution in [1.29, 1.82) is 0 Å². The molecule has 4 nitrogen and oxygen atoms in total. The first-order chi connectivity index (χ1) is 5.52. The third-order valence-electron chi connectivity index (χ3n) is 1.53. The highest BCUT2D eigenvalue weighted by Gasteiger charge is 2.35. The Balaban J connectivity index is 2.91. The van der Waals surface area contributed by atoms with Crippen LogP contribution in [-0.2, 0) is 14.3 Å². The lowest BCUT2D eigenvalue weighted by atomic mass is 10.1. The van der Waals surface area contributed by atoms with Crippen molar-refractivity contribution < 1.29 is 14.3 Å². The summed E-state index contributed by atoms with van der Waals surface area (Å²) in [6, 6.07) is 0. The van der Waals surface area contributed by atoms with E-state index in [9.17, 15) is 9.59 Å². The van der Waals surface area contributed by atoms with Crippen molar-refractivity contribution in [3.8, 4) is 0 Å². The molecule has 0 radical (unpaired) electrons. The number of esters is 1. The van der Waals surface area contributed by atoms with Gasteiger partial charge in [-0.05, 0) is 6.92 Å².